The molecule has 0 aliphatic carbocycles. The summed E-state index contributed by atoms with van der Waals surface area (Å²) >= 11 is 11.6. The first kappa shape index (κ1) is 16.0. The van der Waals surface area contributed by atoms with Gasteiger partial charge in [-0.2, -0.15) is 5.26 Å². The van der Waals surface area contributed by atoms with Crippen LogP contribution in [0.5, 0.6) is 0 Å². The van der Waals surface area contributed by atoms with Gasteiger partial charge in [-0.25, -0.2) is 8.42 Å². The summed E-state index contributed by atoms with van der Waals surface area (Å²) in [5, 5.41) is 9.68. The Hall–Kier alpha value is -1.42. The van der Waals surface area contributed by atoms with E-state index < -0.39 is 21.5 Å². The van der Waals surface area contributed by atoms with Gasteiger partial charge < -0.3 is 0 Å². The molecule has 0 N–H and O–H groups in total. The molecular weight excluding hydrogens is 335 g/mol. The second-order valence-corrected chi connectivity index (χ2v) is 7.52. The maximum Gasteiger partial charge on any atom is 0.185 e. The molecule has 8 heteroatoms. The first-order valence-electron chi connectivity index (χ1n) is 5.96. The molecule has 0 spiro atoms. The van der Waals surface area contributed by atoms with Gasteiger partial charge in [0.05, 0.1) is 39.9 Å². The molecule has 0 amide bonds. The molecule has 0 radical (unpaired) electrons. The van der Waals surface area contributed by atoms with Gasteiger partial charge in [0, 0.05) is 5.56 Å². The fourth-order valence-electron chi connectivity index (χ4n) is 1.95. The second-order valence-electron chi connectivity index (χ2n) is 4.52. The predicted molar refractivity (Wildman–Crippen MR) is 80.9 cm³/mol. The van der Waals surface area contributed by atoms with Gasteiger partial charge in [-0.3, -0.25) is 9.79 Å². The van der Waals surface area contributed by atoms with Crippen molar-refractivity contribution in [2.45, 2.75) is 0 Å². The van der Waals surface area contributed by atoms with Gasteiger partial charge >= 0.3 is 0 Å². The first-order valence-corrected chi connectivity index (χ1v) is 8.54. The van der Waals surface area contributed by atoms with Crippen molar-refractivity contribution in [2.75, 3.05) is 18.1 Å². The van der Waals surface area contributed by atoms with Gasteiger partial charge in [0.2, 0.25) is 0 Å². The fraction of sp³-hybridized carbons (Fsp3) is 0.308. The van der Waals surface area contributed by atoms with E-state index in [0.717, 1.165) is 0 Å². The smallest absolute Gasteiger partial charge is 0.185 e. The Morgan fingerprint density at radius 3 is 2.62 bits per heavy atom. The minimum Gasteiger partial charge on any atom is -0.292 e. The zero-order valence-electron chi connectivity index (χ0n) is 10.7. The maximum absolute atomic E-state index is 12.3. The number of halogens is 2. The minimum absolute atomic E-state index is 0.0599. The number of nitriles is 1. The van der Waals surface area contributed by atoms with Crippen LogP contribution in [0.2, 0.25) is 10.0 Å². The van der Waals surface area contributed by atoms with Gasteiger partial charge in [0.15, 0.2) is 15.6 Å². The number of hydrogen-bond donors (Lipinski definition) is 0. The van der Waals surface area contributed by atoms with Gasteiger partial charge in [-0.05, 0) is 18.2 Å². The molecule has 1 unspecified atom stereocenters. The minimum atomic E-state index is -3.30. The number of benzene rings is 1. The Labute approximate surface area is 132 Å². The number of hydrogen-bond acceptors (Lipinski definition) is 5. The molecule has 0 saturated carbocycles. The molecule has 1 aliphatic rings. The van der Waals surface area contributed by atoms with E-state index in [-0.39, 0.29) is 34.3 Å². The molecule has 0 bridgehead atoms. The summed E-state index contributed by atoms with van der Waals surface area (Å²) in [5.74, 6) is -2.18. The van der Waals surface area contributed by atoms with Crippen LogP contribution in [0.15, 0.2) is 23.2 Å². The molecule has 21 heavy (non-hydrogen) atoms. The number of sulfone groups is 1. The third-order valence-electron chi connectivity index (χ3n) is 3.01. The number of ketones is 1. The third-order valence-corrected chi connectivity index (χ3v) is 5.29. The molecule has 1 atom stereocenters. The Morgan fingerprint density at radius 1 is 1.33 bits per heavy atom. The summed E-state index contributed by atoms with van der Waals surface area (Å²) < 4.78 is 23.2. The van der Waals surface area contributed by atoms with Gasteiger partial charge in [-0.15, -0.1) is 0 Å². The summed E-state index contributed by atoms with van der Waals surface area (Å²) in [6, 6.07) is 6.07. The van der Waals surface area contributed by atoms with Crippen LogP contribution in [-0.2, 0) is 9.84 Å². The van der Waals surface area contributed by atoms with E-state index in [4.69, 9.17) is 23.2 Å². The highest BCUT2D eigenvalue weighted by atomic mass is 35.5. The van der Waals surface area contributed by atoms with E-state index in [0.29, 0.717) is 5.02 Å². The van der Waals surface area contributed by atoms with Crippen molar-refractivity contribution in [1.82, 2.24) is 0 Å². The quantitative estimate of drug-likeness (QED) is 0.786. The number of Topliss-reactive ketones (excluding diaryl/α,β-unsaturated/α-hetero) is 1. The average Bonchev–Trinajstić information content (AvgIpc) is 2.41. The van der Waals surface area contributed by atoms with Crippen LogP contribution in [0.25, 0.3) is 0 Å². The largest absolute Gasteiger partial charge is 0.292 e. The molecule has 1 heterocycles. The van der Waals surface area contributed by atoms with Crippen molar-refractivity contribution in [1.29, 1.82) is 5.26 Å². The number of carbonyl (C=O) groups excluding carboxylic acids is 1. The van der Waals surface area contributed by atoms with E-state index in [2.05, 4.69) is 4.99 Å². The number of aliphatic imine (C=N–C) groups is 1. The van der Waals surface area contributed by atoms with Crippen LogP contribution >= 0.6 is 23.2 Å². The fourth-order valence-corrected chi connectivity index (χ4v) is 3.47. The highest BCUT2D eigenvalue weighted by molar-refractivity contribution is 7.92. The Bertz CT molecular complexity index is 766. The van der Waals surface area contributed by atoms with Crippen LogP contribution in [0.3, 0.4) is 0 Å². The van der Waals surface area contributed by atoms with E-state index in [9.17, 15) is 18.5 Å². The summed E-state index contributed by atoms with van der Waals surface area (Å²) in [7, 11) is -3.30. The number of rotatable bonds is 3. The molecule has 2 rings (SSSR count). The van der Waals surface area contributed by atoms with Crippen LogP contribution < -0.4 is 0 Å². The summed E-state index contributed by atoms with van der Waals surface area (Å²) in [6.45, 7) is 0.0739. The van der Waals surface area contributed by atoms with Crippen molar-refractivity contribution in [3.05, 3.63) is 33.8 Å². The van der Waals surface area contributed by atoms with Crippen molar-refractivity contribution < 1.29 is 13.2 Å². The standard InChI is InChI=1S/C13H10Cl2N2O3S/c14-10-2-1-8(5-11(10)15)13(18)9(6-16)12-7-21(19,20)4-3-17-12/h1-2,5,9H,3-4,7H2. The molecular formula is C13H10Cl2N2O3S. The zero-order chi connectivity index (χ0) is 15.6. The molecule has 0 fully saturated rings. The number of carbonyl (C=O) groups is 1. The lowest BCUT2D eigenvalue weighted by atomic mass is 9.95. The van der Waals surface area contributed by atoms with Gasteiger partial charge in [0.1, 0.15) is 5.92 Å². The van der Waals surface area contributed by atoms with Crippen molar-refractivity contribution in [3.8, 4) is 6.07 Å². The van der Waals surface area contributed by atoms with Crippen molar-refractivity contribution in [2.24, 2.45) is 10.9 Å². The topological polar surface area (TPSA) is 87.4 Å². The van der Waals surface area contributed by atoms with E-state index >= 15 is 0 Å². The molecule has 1 aromatic rings. The Balaban J connectivity index is 2.33. The van der Waals surface area contributed by atoms with Crippen molar-refractivity contribution >= 4 is 44.5 Å². The first-order chi connectivity index (χ1) is 9.84. The lowest BCUT2D eigenvalue weighted by Gasteiger charge is -2.16. The lowest BCUT2D eigenvalue weighted by molar-refractivity contribution is 0.0975. The highest BCUT2D eigenvalue weighted by Crippen LogP contribution is 2.24. The molecule has 1 aliphatic heterocycles. The third kappa shape index (κ3) is 3.62. The monoisotopic (exact) mass is 344 g/mol. The van der Waals surface area contributed by atoms with Crippen LogP contribution in [-0.4, -0.2) is 38.0 Å². The predicted octanol–water partition coefficient (Wildman–Crippen LogP) is 2.19. The van der Waals surface area contributed by atoms with Crippen molar-refractivity contribution in [3.63, 3.8) is 0 Å². The molecule has 5 nitrogen and oxygen atoms in total. The normalized spacial score (nSPS) is 18.4. The molecule has 110 valence electrons. The van der Waals surface area contributed by atoms with Crippen LogP contribution in [0.4, 0.5) is 0 Å². The van der Waals surface area contributed by atoms with E-state index in [1.807, 2.05) is 6.07 Å². The van der Waals surface area contributed by atoms with Crippen LogP contribution in [0, 0.1) is 17.2 Å². The molecule has 0 saturated heterocycles. The van der Waals surface area contributed by atoms with Gasteiger partial charge in [-0.1, -0.05) is 23.2 Å². The number of nitrogens with zero attached hydrogens (tertiary/aromatic N) is 2. The zero-order valence-corrected chi connectivity index (χ0v) is 13.0. The van der Waals surface area contributed by atoms with E-state index in [1.54, 1.807) is 0 Å². The molecule has 0 aromatic heterocycles. The SMILES string of the molecule is N#CC(C(=O)c1ccc(Cl)c(Cl)c1)C1=NCCS(=O)(=O)C1. The van der Waals surface area contributed by atoms with E-state index in [1.165, 1.54) is 18.2 Å². The van der Waals surface area contributed by atoms with Crippen LogP contribution in [0.1, 0.15) is 10.4 Å². The lowest BCUT2D eigenvalue weighted by Crippen LogP contribution is -2.34. The highest BCUT2D eigenvalue weighted by Gasteiger charge is 2.31. The Kier molecular flexibility index (Phi) is 4.67. The summed E-state index contributed by atoms with van der Waals surface area (Å²) in [5.41, 5.74) is 0.279. The maximum atomic E-state index is 12.3. The second kappa shape index (κ2) is 6.14. The molecule has 1 aromatic carbocycles. The Morgan fingerprint density at radius 2 is 2.05 bits per heavy atom. The summed E-state index contributed by atoms with van der Waals surface area (Å²) in [4.78, 5) is 16.4. The summed E-state index contributed by atoms with van der Waals surface area (Å²) in [6.07, 6.45) is 0. The van der Waals surface area contributed by atoms with Gasteiger partial charge in [0.25, 0.3) is 0 Å². The average molecular weight is 345 g/mol.